The van der Waals surface area contributed by atoms with Crippen molar-refractivity contribution in [3.8, 4) is 11.5 Å². The molecule has 0 radical (unpaired) electrons. The van der Waals surface area contributed by atoms with E-state index in [1.165, 1.54) is 38.9 Å². The fourth-order valence-electron chi connectivity index (χ4n) is 3.10. The summed E-state index contributed by atoms with van der Waals surface area (Å²) in [5.74, 6) is 2.02. The maximum atomic E-state index is 6.00. The van der Waals surface area contributed by atoms with Crippen LogP contribution in [0.4, 0.5) is 5.69 Å². The number of unbranched alkanes of at least 4 members (excludes halogenated alkanes) is 1. The number of nitrogens with two attached hydrogens (primary N) is 1. The van der Waals surface area contributed by atoms with Crippen LogP contribution in [0.2, 0.25) is 0 Å². The molecule has 1 aliphatic heterocycles. The highest BCUT2D eigenvalue weighted by atomic mass is 16.5. The number of guanidine groups is 1. The van der Waals surface area contributed by atoms with Gasteiger partial charge in [-0.05, 0) is 69.6 Å². The first-order valence-corrected chi connectivity index (χ1v) is 9.42. The molecule has 1 saturated heterocycles. The molecule has 1 aliphatic rings. The van der Waals surface area contributed by atoms with Crippen LogP contribution in [0.1, 0.15) is 25.7 Å². The third-order valence-electron chi connectivity index (χ3n) is 4.45. The summed E-state index contributed by atoms with van der Waals surface area (Å²) in [7, 11) is 0. The van der Waals surface area contributed by atoms with Crippen LogP contribution < -0.4 is 15.8 Å². The van der Waals surface area contributed by atoms with E-state index in [0.717, 1.165) is 30.2 Å². The van der Waals surface area contributed by atoms with Crippen molar-refractivity contribution in [1.29, 1.82) is 0 Å². The van der Waals surface area contributed by atoms with E-state index in [0.29, 0.717) is 5.96 Å². The summed E-state index contributed by atoms with van der Waals surface area (Å²) in [6, 6.07) is 17.4. The largest absolute Gasteiger partial charge is 0.457 e. The van der Waals surface area contributed by atoms with E-state index >= 15 is 0 Å². The Hall–Kier alpha value is -2.53. The van der Waals surface area contributed by atoms with E-state index in [-0.39, 0.29) is 0 Å². The van der Waals surface area contributed by atoms with E-state index in [1.807, 2.05) is 54.6 Å². The van der Waals surface area contributed by atoms with Crippen LogP contribution in [-0.2, 0) is 0 Å². The lowest BCUT2D eigenvalue weighted by atomic mass is 10.3. The quantitative estimate of drug-likeness (QED) is 0.427. The zero-order valence-electron chi connectivity index (χ0n) is 15.2. The number of benzene rings is 2. The highest BCUT2D eigenvalue weighted by molar-refractivity contribution is 5.92. The number of ether oxygens (including phenoxy) is 1. The number of nitrogens with one attached hydrogen (secondary N) is 1. The molecule has 0 spiro atoms. The maximum Gasteiger partial charge on any atom is 0.193 e. The molecule has 5 heteroatoms. The zero-order chi connectivity index (χ0) is 18.0. The van der Waals surface area contributed by atoms with Crippen molar-refractivity contribution >= 4 is 11.6 Å². The monoisotopic (exact) mass is 352 g/mol. The Bertz CT molecular complexity index is 696. The highest BCUT2D eigenvalue weighted by Crippen LogP contribution is 2.23. The van der Waals surface area contributed by atoms with Crippen molar-refractivity contribution in [2.45, 2.75) is 25.7 Å². The molecule has 2 aromatic rings. The third-order valence-corrected chi connectivity index (χ3v) is 4.45. The number of aliphatic imine (C=N–C) groups is 1. The summed E-state index contributed by atoms with van der Waals surface area (Å²) in [6.45, 7) is 4.46. The van der Waals surface area contributed by atoms with Crippen LogP contribution in [0.25, 0.3) is 0 Å². The first kappa shape index (κ1) is 18.3. The van der Waals surface area contributed by atoms with Gasteiger partial charge in [0.25, 0.3) is 0 Å². The number of likely N-dealkylation sites (tertiary alicyclic amines) is 1. The number of para-hydroxylation sites is 1. The fourth-order valence-corrected chi connectivity index (χ4v) is 3.10. The summed E-state index contributed by atoms with van der Waals surface area (Å²) in [6.07, 6.45) is 4.94. The summed E-state index contributed by atoms with van der Waals surface area (Å²) in [4.78, 5) is 6.95. The zero-order valence-corrected chi connectivity index (χ0v) is 15.2. The molecule has 1 fully saturated rings. The third kappa shape index (κ3) is 6.08. The molecular weight excluding hydrogens is 324 g/mol. The van der Waals surface area contributed by atoms with Gasteiger partial charge in [0.2, 0.25) is 0 Å². The fraction of sp³-hybridized carbons (Fsp3) is 0.381. The van der Waals surface area contributed by atoms with Gasteiger partial charge < -0.3 is 20.7 Å². The summed E-state index contributed by atoms with van der Waals surface area (Å²) in [5, 5.41) is 3.14. The second-order valence-corrected chi connectivity index (χ2v) is 6.59. The maximum absolute atomic E-state index is 6.00. The van der Waals surface area contributed by atoms with Crippen molar-refractivity contribution in [3.05, 3.63) is 54.6 Å². The molecule has 26 heavy (non-hydrogen) atoms. The van der Waals surface area contributed by atoms with Gasteiger partial charge in [0.1, 0.15) is 11.5 Å². The normalized spacial score (nSPS) is 15.2. The van der Waals surface area contributed by atoms with Gasteiger partial charge in [0.15, 0.2) is 5.96 Å². The van der Waals surface area contributed by atoms with Crippen LogP contribution in [0.15, 0.2) is 59.6 Å². The number of nitrogens with zero attached hydrogens (tertiary/aromatic N) is 2. The van der Waals surface area contributed by atoms with Crippen molar-refractivity contribution in [2.75, 3.05) is 31.5 Å². The molecule has 0 aliphatic carbocycles. The number of anilines is 1. The average molecular weight is 352 g/mol. The Morgan fingerprint density at radius 1 is 1.00 bits per heavy atom. The SMILES string of the molecule is NC(=NCCCCN1CCCC1)Nc1cccc(Oc2ccccc2)c1. The standard InChI is InChI=1S/C21H28N4O/c22-21(23-13-4-5-14-25-15-6-7-16-25)24-18-9-8-12-20(17-18)26-19-10-2-1-3-11-19/h1-3,8-12,17H,4-7,13-16H2,(H3,22,23,24). The van der Waals surface area contributed by atoms with E-state index in [1.54, 1.807) is 0 Å². The first-order chi connectivity index (χ1) is 12.8. The van der Waals surface area contributed by atoms with E-state index in [2.05, 4.69) is 15.2 Å². The summed E-state index contributed by atoms with van der Waals surface area (Å²) in [5.41, 5.74) is 6.87. The lowest BCUT2D eigenvalue weighted by Gasteiger charge is -2.13. The molecule has 3 rings (SSSR count). The molecule has 3 N–H and O–H groups in total. The average Bonchev–Trinajstić information content (AvgIpc) is 3.16. The van der Waals surface area contributed by atoms with Crippen LogP contribution >= 0.6 is 0 Å². The predicted octanol–water partition coefficient (Wildman–Crippen LogP) is 4.08. The molecule has 0 amide bonds. The molecule has 138 valence electrons. The Morgan fingerprint density at radius 3 is 2.58 bits per heavy atom. The van der Waals surface area contributed by atoms with Crippen LogP contribution in [0.3, 0.4) is 0 Å². The van der Waals surface area contributed by atoms with E-state index in [4.69, 9.17) is 10.5 Å². The molecule has 2 aromatic carbocycles. The van der Waals surface area contributed by atoms with Crippen molar-refractivity contribution in [1.82, 2.24) is 4.90 Å². The highest BCUT2D eigenvalue weighted by Gasteiger charge is 2.09. The van der Waals surface area contributed by atoms with Gasteiger partial charge in [0.05, 0.1) is 0 Å². The van der Waals surface area contributed by atoms with Crippen LogP contribution in [0.5, 0.6) is 11.5 Å². The molecule has 0 aromatic heterocycles. The molecular formula is C21H28N4O. The Balaban J connectivity index is 1.43. The Kier molecular flexibility index (Phi) is 6.90. The van der Waals surface area contributed by atoms with Gasteiger partial charge in [-0.2, -0.15) is 0 Å². The van der Waals surface area contributed by atoms with Gasteiger partial charge in [-0.1, -0.05) is 24.3 Å². The van der Waals surface area contributed by atoms with Crippen molar-refractivity contribution in [2.24, 2.45) is 10.7 Å². The molecule has 0 atom stereocenters. The molecule has 5 nitrogen and oxygen atoms in total. The van der Waals surface area contributed by atoms with E-state index in [9.17, 15) is 0 Å². The van der Waals surface area contributed by atoms with Gasteiger partial charge in [-0.25, -0.2) is 0 Å². The van der Waals surface area contributed by atoms with Gasteiger partial charge >= 0.3 is 0 Å². The van der Waals surface area contributed by atoms with Gasteiger partial charge in [-0.3, -0.25) is 4.99 Å². The second kappa shape index (κ2) is 9.82. The van der Waals surface area contributed by atoms with Gasteiger partial charge in [0, 0.05) is 18.3 Å². The van der Waals surface area contributed by atoms with Crippen molar-refractivity contribution in [3.63, 3.8) is 0 Å². The number of hydrogen-bond acceptors (Lipinski definition) is 3. The summed E-state index contributed by atoms with van der Waals surface area (Å²) < 4.78 is 5.84. The molecule has 0 saturated carbocycles. The first-order valence-electron chi connectivity index (χ1n) is 9.42. The molecule has 0 unspecified atom stereocenters. The van der Waals surface area contributed by atoms with Crippen LogP contribution in [0, 0.1) is 0 Å². The van der Waals surface area contributed by atoms with Gasteiger partial charge in [-0.15, -0.1) is 0 Å². The lowest BCUT2D eigenvalue weighted by molar-refractivity contribution is 0.331. The van der Waals surface area contributed by atoms with E-state index < -0.39 is 0 Å². The van der Waals surface area contributed by atoms with Crippen LogP contribution in [-0.4, -0.2) is 37.0 Å². The molecule has 0 bridgehead atoms. The topological polar surface area (TPSA) is 62.9 Å². The lowest BCUT2D eigenvalue weighted by Crippen LogP contribution is -2.23. The minimum absolute atomic E-state index is 0.447. The molecule has 1 heterocycles. The second-order valence-electron chi connectivity index (χ2n) is 6.59. The Labute approximate surface area is 155 Å². The minimum Gasteiger partial charge on any atom is -0.457 e. The number of rotatable bonds is 8. The predicted molar refractivity (Wildman–Crippen MR) is 108 cm³/mol. The van der Waals surface area contributed by atoms with Crippen molar-refractivity contribution < 1.29 is 4.74 Å². The minimum atomic E-state index is 0.447. The summed E-state index contributed by atoms with van der Waals surface area (Å²) >= 11 is 0. The smallest absolute Gasteiger partial charge is 0.193 e. The number of hydrogen-bond donors (Lipinski definition) is 2. The Morgan fingerprint density at radius 2 is 1.77 bits per heavy atom.